The molecule has 1 aromatic rings. The summed E-state index contributed by atoms with van der Waals surface area (Å²) in [5.74, 6) is 0.346. The Balaban J connectivity index is 2.01. The summed E-state index contributed by atoms with van der Waals surface area (Å²) < 4.78 is 10.1. The molecule has 1 aliphatic heterocycles. The summed E-state index contributed by atoms with van der Waals surface area (Å²) in [5.41, 5.74) is 0. The van der Waals surface area contributed by atoms with Crippen molar-refractivity contribution in [2.75, 3.05) is 31.2 Å². The Labute approximate surface area is 151 Å². The van der Waals surface area contributed by atoms with Gasteiger partial charge in [0.25, 0.3) is 0 Å². The standard InChI is InChI=1S/C17H24N4O5/c1-3-9-25-16(23)20(15-18-6-7-19-15)8-5-13-11-14(22)12-21(13)17(24)26-10-4-2/h3-4,6-7,13-14,22H,1-2,5,8-12H2,(H,18,19)/t13-,14-/m1/s1. The zero-order chi connectivity index (χ0) is 18.9. The molecule has 2 rings (SSSR count). The van der Waals surface area contributed by atoms with E-state index in [9.17, 15) is 14.7 Å². The molecule has 9 heteroatoms. The monoisotopic (exact) mass is 364 g/mol. The van der Waals surface area contributed by atoms with Gasteiger partial charge in [0.1, 0.15) is 13.2 Å². The molecule has 2 heterocycles. The number of carbonyl (C=O) groups is 2. The topological polar surface area (TPSA) is 108 Å². The fourth-order valence-electron chi connectivity index (χ4n) is 2.78. The van der Waals surface area contributed by atoms with E-state index in [1.807, 2.05) is 0 Å². The first kappa shape index (κ1) is 19.5. The fourth-order valence-corrected chi connectivity index (χ4v) is 2.78. The van der Waals surface area contributed by atoms with Crippen LogP contribution in [0.4, 0.5) is 15.5 Å². The Bertz CT molecular complexity index is 619. The highest BCUT2D eigenvalue weighted by atomic mass is 16.6. The number of rotatable bonds is 8. The summed E-state index contributed by atoms with van der Waals surface area (Å²) in [6, 6.07) is -0.257. The number of hydrogen-bond acceptors (Lipinski definition) is 6. The molecule has 1 fully saturated rings. The van der Waals surface area contributed by atoms with Crippen LogP contribution in [0.3, 0.4) is 0 Å². The minimum absolute atomic E-state index is 0.0815. The molecule has 2 amide bonds. The second-order valence-corrected chi connectivity index (χ2v) is 5.78. The average molecular weight is 364 g/mol. The molecule has 0 radical (unpaired) electrons. The van der Waals surface area contributed by atoms with Crippen LogP contribution < -0.4 is 4.90 Å². The van der Waals surface area contributed by atoms with Crippen molar-refractivity contribution >= 4 is 18.1 Å². The summed E-state index contributed by atoms with van der Waals surface area (Å²) in [4.78, 5) is 34.1. The molecule has 0 bridgehead atoms. The quantitative estimate of drug-likeness (QED) is 0.680. The van der Waals surface area contributed by atoms with Gasteiger partial charge >= 0.3 is 12.2 Å². The number of likely N-dealkylation sites (tertiary alicyclic amines) is 1. The van der Waals surface area contributed by atoms with Gasteiger partial charge in [-0.15, -0.1) is 0 Å². The summed E-state index contributed by atoms with van der Waals surface area (Å²) >= 11 is 0. The largest absolute Gasteiger partial charge is 0.445 e. The zero-order valence-electron chi connectivity index (χ0n) is 14.5. The minimum Gasteiger partial charge on any atom is -0.445 e. The SMILES string of the molecule is C=CCOC(=O)N(CC[C@@H]1C[C@@H](O)CN1C(=O)OCC=C)c1ncc[nH]1. The third kappa shape index (κ3) is 5.09. The second kappa shape index (κ2) is 9.62. The maximum absolute atomic E-state index is 12.3. The number of H-pyrrole nitrogens is 1. The molecule has 1 aliphatic rings. The molecule has 2 atom stereocenters. The van der Waals surface area contributed by atoms with E-state index in [0.29, 0.717) is 18.8 Å². The van der Waals surface area contributed by atoms with E-state index in [1.165, 1.54) is 28.1 Å². The van der Waals surface area contributed by atoms with Crippen molar-refractivity contribution in [3.63, 3.8) is 0 Å². The number of aliphatic hydroxyl groups excluding tert-OH is 1. The predicted octanol–water partition coefficient (Wildman–Crippen LogP) is 1.69. The van der Waals surface area contributed by atoms with Crippen LogP contribution in [-0.2, 0) is 9.47 Å². The Kier molecular flexibility index (Phi) is 7.22. The molecule has 0 unspecified atom stereocenters. The molecular formula is C17H24N4O5. The van der Waals surface area contributed by atoms with Crippen molar-refractivity contribution in [3.8, 4) is 0 Å². The molecule has 9 nitrogen and oxygen atoms in total. The van der Waals surface area contributed by atoms with Gasteiger partial charge in [-0.25, -0.2) is 19.5 Å². The fraction of sp³-hybridized carbons (Fsp3) is 0.471. The highest BCUT2D eigenvalue weighted by Crippen LogP contribution is 2.23. The van der Waals surface area contributed by atoms with E-state index in [4.69, 9.17) is 9.47 Å². The predicted molar refractivity (Wildman–Crippen MR) is 94.8 cm³/mol. The van der Waals surface area contributed by atoms with E-state index >= 15 is 0 Å². The molecule has 142 valence electrons. The highest BCUT2D eigenvalue weighted by Gasteiger charge is 2.36. The molecular weight excluding hydrogens is 340 g/mol. The lowest BCUT2D eigenvalue weighted by molar-refractivity contribution is 0.101. The molecule has 0 aliphatic carbocycles. The van der Waals surface area contributed by atoms with Gasteiger partial charge in [-0.05, 0) is 12.8 Å². The molecule has 0 spiro atoms. The first-order valence-corrected chi connectivity index (χ1v) is 8.33. The number of aromatic amines is 1. The lowest BCUT2D eigenvalue weighted by atomic mass is 10.1. The van der Waals surface area contributed by atoms with Crippen molar-refractivity contribution in [1.82, 2.24) is 14.9 Å². The second-order valence-electron chi connectivity index (χ2n) is 5.78. The van der Waals surface area contributed by atoms with Crippen molar-refractivity contribution in [2.24, 2.45) is 0 Å². The first-order chi connectivity index (χ1) is 12.6. The first-order valence-electron chi connectivity index (χ1n) is 8.33. The maximum Gasteiger partial charge on any atom is 0.416 e. The van der Waals surface area contributed by atoms with Crippen LogP contribution in [0, 0.1) is 0 Å². The maximum atomic E-state index is 12.3. The third-order valence-electron chi connectivity index (χ3n) is 3.92. The lowest BCUT2D eigenvalue weighted by Crippen LogP contribution is -2.40. The number of amides is 2. The number of anilines is 1. The number of β-amino-alcohol motifs (C(OH)–C–C–N with tert-alkyl or cyclic N) is 1. The van der Waals surface area contributed by atoms with Crippen molar-refractivity contribution in [1.29, 1.82) is 0 Å². The Morgan fingerprint density at radius 1 is 1.38 bits per heavy atom. The van der Waals surface area contributed by atoms with Crippen molar-refractivity contribution in [3.05, 3.63) is 37.7 Å². The van der Waals surface area contributed by atoms with E-state index in [0.717, 1.165) is 0 Å². The third-order valence-corrected chi connectivity index (χ3v) is 3.92. The van der Waals surface area contributed by atoms with Crippen LogP contribution in [0.2, 0.25) is 0 Å². The van der Waals surface area contributed by atoms with E-state index in [1.54, 1.807) is 6.20 Å². The number of hydrogen-bond donors (Lipinski definition) is 2. The number of carbonyl (C=O) groups excluding carboxylic acids is 2. The molecule has 2 N–H and O–H groups in total. The van der Waals surface area contributed by atoms with Crippen LogP contribution in [0.1, 0.15) is 12.8 Å². The smallest absolute Gasteiger partial charge is 0.416 e. The van der Waals surface area contributed by atoms with Gasteiger partial charge in [-0.3, -0.25) is 0 Å². The average Bonchev–Trinajstić information content (AvgIpc) is 3.28. The number of nitrogens with one attached hydrogen (secondary N) is 1. The van der Waals surface area contributed by atoms with Crippen LogP contribution >= 0.6 is 0 Å². The Morgan fingerprint density at radius 3 is 2.77 bits per heavy atom. The van der Waals surface area contributed by atoms with Crippen LogP contribution in [0.5, 0.6) is 0 Å². The Hall–Kier alpha value is -2.81. The summed E-state index contributed by atoms with van der Waals surface area (Å²) in [6.45, 7) is 7.65. The minimum atomic E-state index is -0.624. The van der Waals surface area contributed by atoms with Gasteiger partial charge in [-0.1, -0.05) is 25.3 Å². The number of aromatic nitrogens is 2. The number of nitrogens with zero attached hydrogens (tertiary/aromatic N) is 3. The van der Waals surface area contributed by atoms with Gasteiger partial charge in [0.05, 0.1) is 12.6 Å². The normalized spacial score (nSPS) is 19.0. The van der Waals surface area contributed by atoms with Gasteiger partial charge in [0.2, 0.25) is 5.95 Å². The molecule has 1 aromatic heterocycles. The highest BCUT2D eigenvalue weighted by molar-refractivity contribution is 5.85. The van der Waals surface area contributed by atoms with Crippen molar-refractivity contribution in [2.45, 2.75) is 25.0 Å². The van der Waals surface area contributed by atoms with E-state index < -0.39 is 18.3 Å². The molecule has 26 heavy (non-hydrogen) atoms. The summed E-state index contributed by atoms with van der Waals surface area (Å²) in [7, 11) is 0. The van der Waals surface area contributed by atoms with Crippen molar-refractivity contribution < 1.29 is 24.2 Å². The molecule has 1 saturated heterocycles. The number of imidazole rings is 1. The van der Waals surface area contributed by atoms with Crippen LogP contribution in [0.15, 0.2) is 37.7 Å². The lowest BCUT2D eigenvalue weighted by Gasteiger charge is -2.26. The molecule has 0 saturated carbocycles. The van der Waals surface area contributed by atoms with Crippen LogP contribution in [-0.4, -0.2) is 70.6 Å². The van der Waals surface area contributed by atoms with E-state index in [2.05, 4.69) is 23.1 Å². The van der Waals surface area contributed by atoms with Gasteiger partial charge in [-0.2, -0.15) is 0 Å². The number of aliphatic hydroxyl groups is 1. The Morgan fingerprint density at radius 2 is 2.12 bits per heavy atom. The van der Waals surface area contributed by atoms with Gasteiger partial charge in [0.15, 0.2) is 0 Å². The van der Waals surface area contributed by atoms with Gasteiger partial charge in [0, 0.05) is 25.0 Å². The van der Waals surface area contributed by atoms with E-state index in [-0.39, 0.29) is 32.3 Å². The van der Waals surface area contributed by atoms with Gasteiger partial charge < -0.3 is 24.5 Å². The molecule has 0 aromatic carbocycles. The number of ether oxygens (including phenoxy) is 2. The summed E-state index contributed by atoms with van der Waals surface area (Å²) in [5, 5.41) is 9.91. The van der Waals surface area contributed by atoms with Crippen LogP contribution in [0.25, 0.3) is 0 Å². The summed E-state index contributed by atoms with van der Waals surface area (Å²) in [6.07, 6.45) is 5.23. The zero-order valence-corrected chi connectivity index (χ0v) is 14.5.